The van der Waals surface area contributed by atoms with Crippen molar-refractivity contribution >= 4 is 23.7 Å². The highest BCUT2D eigenvalue weighted by molar-refractivity contribution is 5.91. The van der Waals surface area contributed by atoms with Gasteiger partial charge in [0, 0.05) is 6.08 Å². The fourth-order valence-electron chi connectivity index (χ4n) is 4.04. The molecular weight excluding hydrogens is 448 g/mol. The Hall–Kier alpha value is -4.13. The van der Waals surface area contributed by atoms with Crippen LogP contribution >= 0.6 is 0 Å². The molecule has 2 aromatic carbocycles. The van der Waals surface area contributed by atoms with Gasteiger partial charge in [0.2, 0.25) is 0 Å². The van der Waals surface area contributed by atoms with Gasteiger partial charge in [0.05, 0.1) is 13.2 Å². The topological polar surface area (TPSA) is 99.1 Å². The van der Waals surface area contributed by atoms with E-state index in [1.54, 1.807) is 55.5 Å². The molecule has 182 valence electrons. The number of hydrogen-bond acceptors (Lipinski definition) is 6. The predicted molar refractivity (Wildman–Crippen MR) is 131 cm³/mol. The Bertz CT molecular complexity index is 1120. The van der Waals surface area contributed by atoms with Crippen LogP contribution in [0, 0.1) is 0 Å². The molecule has 35 heavy (non-hydrogen) atoms. The third-order valence-corrected chi connectivity index (χ3v) is 5.87. The number of unbranched alkanes of at least 4 members (excludes halogenated alkanes) is 1. The average Bonchev–Trinajstić information content (AvgIpc) is 2.86. The van der Waals surface area contributed by atoms with Gasteiger partial charge >= 0.3 is 18.1 Å². The highest BCUT2D eigenvalue weighted by Crippen LogP contribution is 2.46. The molecule has 2 unspecified atom stereocenters. The Balaban J connectivity index is 1.84. The maximum Gasteiger partial charge on any atom is 0.509 e. The zero-order valence-corrected chi connectivity index (χ0v) is 19.5. The molecule has 1 N–H and O–H groups in total. The van der Waals surface area contributed by atoms with E-state index in [9.17, 15) is 19.5 Å². The van der Waals surface area contributed by atoms with Gasteiger partial charge in [-0.05, 0) is 42.5 Å². The van der Waals surface area contributed by atoms with E-state index in [0.717, 1.165) is 17.2 Å². The molecule has 1 aliphatic carbocycles. The van der Waals surface area contributed by atoms with E-state index in [1.165, 1.54) is 0 Å². The molecule has 0 bridgehead atoms. The van der Waals surface area contributed by atoms with Crippen LogP contribution in [0.1, 0.15) is 30.9 Å². The molecule has 0 saturated heterocycles. The minimum Gasteiger partial charge on any atom is -0.480 e. The molecule has 0 aromatic heterocycles. The van der Waals surface area contributed by atoms with Crippen LogP contribution in [0.2, 0.25) is 0 Å². The number of esters is 1. The van der Waals surface area contributed by atoms with Crippen molar-refractivity contribution in [1.82, 2.24) is 0 Å². The lowest BCUT2D eigenvalue weighted by molar-refractivity contribution is -0.150. The predicted octanol–water partition coefficient (Wildman–Crippen LogP) is 5.08. The fraction of sp³-hybridized carbons (Fsp3) is 0.250. The molecule has 7 heteroatoms. The van der Waals surface area contributed by atoms with E-state index in [1.807, 2.05) is 30.3 Å². The highest BCUT2D eigenvalue weighted by Gasteiger charge is 2.57. The Morgan fingerprint density at radius 1 is 0.943 bits per heavy atom. The van der Waals surface area contributed by atoms with E-state index in [-0.39, 0.29) is 13.2 Å². The first-order valence-corrected chi connectivity index (χ1v) is 11.2. The van der Waals surface area contributed by atoms with E-state index < -0.39 is 29.1 Å². The molecular formula is C28H28O7. The molecule has 0 heterocycles. The van der Waals surface area contributed by atoms with Gasteiger partial charge < -0.3 is 19.3 Å². The molecule has 0 radical (unpaired) electrons. The first-order chi connectivity index (χ1) is 16.8. The molecule has 0 saturated carbocycles. The van der Waals surface area contributed by atoms with Gasteiger partial charge in [0.1, 0.15) is 0 Å². The van der Waals surface area contributed by atoms with Crippen molar-refractivity contribution in [3.8, 4) is 0 Å². The molecule has 7 nitrogen and oxygen atoms in total. The second kappa shape index (κ2) is 11.3. The Morgan fingerprint density at radius 2 is 1.54 bits per heavy atom. The molecule has 0 fully saturated rings. The van der Waals surface area contributed by atoms with Crippen molar-refractivity contribution in [3.05, 3.63) is 103 Å². The van der Waals surface area contributed by atoms with Gasteiger partial charge in [0.15, 0.2) is 11.0 Å². The average molecular weight is 477 g/mol. The van der Waals surface area contributed by atoms with Crippen molar-refractivity contribution in [1.29, 1.82) is 0 Å². The third-order valence-electron chi connectivity index (χ3n) is 5.87. The quantitative estimate of drug-likeness (QED) is 0.290. The number of carbonyl (C=O) groups excluding carboxylic acids is 2. The van der Waals surface area contributed by atoms with Crippen LogP contribution in [0.15, 0.2) is 91.5 Å². The summed E-state index contributed by atoms with van der Waals surface area (Å²) in [7, 11) is 0. The summed E-state index contributed by atoms with van der Waals surface area (Å²) >= 11 is 0. The largest absolute Gasteiger partial charge is 0.509 e. The minimum atomic E-state index is -1.68. The minimum absolute atomic E-state index is 0.0249. The van der Waals surface area contributed by atoms with Crippen LogP contribution in [-0.4, -0.2) is 42.0 Å². The first-order valence-electron chi connectivity index (χ1n) is 11.2. The van der Waals surface area contributed by atoms with Gasteiger partial charge in [-0.25, -0.2) is 9.59 Å². The van der Waals surface area contributed by atoms with Crippen molar-refractivity contribution in [2.24, 2.45) is 0 Å². The Morgan fingerprint density at radius 3 is 2.14 bits per heavy atom. The lowest BCUT2D eigenvalue weighted by Crippen LogP contribution is -2.56. The number of ether oxygens (including phenoxy) is 3. The number of carboxylic acids is 1. The SMILES string of the molecule is C=CC(=O)OCCCCOC(=O)OC1(C)C=C(c2ccccc2)C=CC1(C(=O)O)c1ccccc1. The zero-order valence-electron chi connectivity index (χ0n) is 19.5. The van der Waals surface area contributed by atoms with Gasteiger partial charge in [-0.1, -0.05) is 79.4 Å². The number of benzene rings is 2. The van der Waals surface area contributed by atoms with Gasteiger partial charge in [-0.15, -0.1) is 0 Å². The molecule has 0 amide bonds. The lowest BCUT2D eigenvalue weighted by Gasteiger charge is -2.43. The number of rotatable bonds is 10. The monoisotopic (exact) mass is 476 g/mol. The summed E-state index contributed by atoms with van der Waals surface area (Å²) in [6.07, 6.45) is 5.95. The summed E-state index contributed by atoms with van der Waals surface area (Å²) in [5.41, 5.74) is -1.24. The van der Waals surface area contributed by atoms with Crippen molar-refractivity contribution < 1.29 is 33.7 Å². The number of carbonyl (C=O) groups is 3. The standard InChI is InChI=1S/C28H28O7/c1-3-24(29)33-18-10-11-19-34-26(32)35-27(2)20-22(21-12-6-4-7-13-21)16-17-28(27,25(30)31)23-14-8-5-9-15-23/h3-9,12-17,20H,1,10-11,18-19H2,2H3,(H,30,31). The maximum absolute atomic E-state index is 12.8. The second-order valence-electron chi connectivity index (χ2n) is 8.16. The smallest absolute Gasteiger partial charge is 0.480 e. The van der Waals surface area contributed by atoms with E-state index in [4.69, 9.17) is 14.2 Å². The van der Waals surface area contributed by atoms with Crippen LogP contribution in [-0.2, 0) is 29.2 Å². The summed E-state index contributed by atoms with van der Waals surface area (Å²) in [4.78, 5) is 36.5. The molecule has 2 atom stereocenters. The van der Waals surface area contributed by atoms with Crippen LogP contribution < -0.4 is 0 Å². The molecule has 0 aliphatic heterocycles. The summed E-state index contributed by atoms with van der Waals surface area (Å²) in [5.74, 6) is -1.68. The fourth-order valence-corrected chi connectivity index (χ4v) is 4.04. The number of hydrogen-bond donors (Lipinski definition) is 1. The maximum atomic E-state index is 12.8. The number of aliphatic carboxylic acids is 1. The summed E-state index contributed by atoms with van der Waals surface area (Å²) < 4.78 is 15.9. The Kier molecular flexibility index (Phi) is 8.25. The van der Waals surface area contributed by atoms with Crippen molar-refractivity contribution in [3.63, 3.8) is 0 Å². The number of carboxylic acid groups (broad SMARTS) is 1. The zero-order chi connectivity index (χ0) is 25.3. The first kappa shape index (κ1) is 25.5. The van der Waals surface area contributed by atoms with Crippen LogP contribution in [0.4, 0.5) is 4.79 Å². The van der Waals surface area contributed by atoms with Gasteiger partial charge in [-0.3, -0.25) is 4.79 Å². The Labute approximate surface area is 204 Å². The normalized spacial score (nSPS) is 20.9. The lowest BCUT2D eigenvalue weighted by atomic mass is 9.64. The summed E-state index contributed by atoms with van der Waals surface area (Å²) in [5, 5.41) is 10.4. The summed E-state index contributed by atoms with van der Waals surface area (Å²) in [6.45, 7) is 5.08. The second-order valence-corrected chi connectivity index (χ2v) is 8.16. The molecule has 2 aromatic rings. The van der Waals surface area contributed by atoms with E-state index in [0.29, 0.717) is 18.4 Å². The van der Waals surface area contributed by atoms with Gasteiger partial charge in [-0.2, -0.15) is 0 Å². The van der Waals surface area contributed by atoms with Crippen LogP contribution in [0.3, 0.4) is 0 Å². The molecule has 1 aliphatic rings. The molecule has 3 rings (SSSR count). The third kappa shape index (κ3) is 5.69. The number of allylic oxidation sites excluding steroid dienone is 2. The van der Waals surface area contributed by atoms with Crippen molar-refractivity contribution in [2.45, 2.75) is 30.8 Å². The highest BCUT2D eigenvalue weighted by atomic mass is 16.7. The molecule has 0 spiro atoms. The van der Waals surface area contributed by atoms with Crippen molar-refractivity contribution in [2.75, 3.05) is 13.2 Å². The van der Waals surface area contributed by atoms with Gasteiger partial charge in [0.25, 0.3) is 0 Å². The van der Waals surface area contributed by atoms with E-state index >= 15 is 0 Å². The summed E-state index contributed by atoms with van der Waals surface area (Å²) in [6, 6.07) is 18.1. The van der Waals surface area contributed by atoms with Crippen LogP contribution in [0.25, 0.3) is 5.57 Å². The van der Waals surface area contributed by atoms with E-state index in [2.05, 4.69) is 6.58 Å². The van der Waals surface area contributed by atoms with Crippen LogP contribution in [0.5, 0.6) is 0 Å².